The molecule has 0 spiro atoms. The summed E-state index contributed by atoms with van der Waals surface area (Å²) in [5, 5.41) is 0. The van der Waals surface area contributed by atoms with Crippen molar-refractivity contribution in [2.24, 2.45) is 11.7 Å². The quantitative estimate of drug-likeness (QED) is 0.392. The van der Waals surface area contributed by atoms with Crippen LogP contribution >= 0.6 is 20.4 Å². The number of anilines is 2. The van der Waals surface area contributed by atoms with Crippen molar-refractivity contribution >= 4 is 31.8 Å². The van der Waals surface area contributed by atoms with E-state index in [1.165, 1.54) is 0 Å². The molecule has 106 valence electrons. The van der Waals surface area contributed by atoms with Crippen molar-refractivity contribution in [2.75, 3.05) is 10.9 Å². The average Bonchev–Trinajstić information content (AvgIpc) is 2.48. The Morgan fingerprint density at radius 1 is 0.684 bits per heavy atom. The Balaban J connectivity index is 0.000000550. The van der Waals surface area contributed by atoms with Gasteiger partial charge in [0.05, 0.1) is 0 Å². The van der Waals surface area contributed by atoms with Crippen molar-refractivity contribution in [3.63, 3.8) is 0 Å². The fourth-order valence-corrected chi connectivity index (χ4v) is 1.52. The van der Waals surface area contributed by atoms with Gasteiger partial charge in [-0.25, -0.2) is 0 Å². The summed E-state index contributed by atoms with van der Waals surface area (Å²) in [6.07, 6.45) is 0. The van der Waals surface area contributed by atoms with Crippen LogP contribution in [0.25, 0.3) is 11.1 Å². The molecule has 4 nitrogen and oxygen atoms in total. The first-order valence-electron chi connectivity index (χ1n) is 5.21. The van der Waals surface area contributed by atoms with E-state index >= 15 is 0 Å². The van der Waals surface area contributed by atoms with Gasteiger partial charge in [0.15, 0.2) is 0 Å². The molecule has 0 amide bonds. The second-order valence-electron chi connectivity index (χ2n) is 3.49. The van der Waals surface area contributed by atoms with Crippen molar-refractivity contribution < 1.29 is 12.7 Å². The molecule has 2 rings (SSSR count). The standard InChI is InChI=1S/C12H14N4.2ClH.Ni/c13-15-11-5-1-9(2-6-11)10-3-7-12(16-14)8-4-10;;;/h1-8,15-16H,13-14H2;2*1H;/q;;;+2/p-2. The fraction of sp³-hybridized carbons (Fsp3) is 0. The normalized spacial score (nSPS) is 9.47. The van der Waals surface area contributed by atoms with Crippen LogP contribution in [0.5, 0.6) is 0 Å². The molecule has 0 saturated heterocycles. The summed E-state index contributed by atoms with van der Waals surface area (Å²) in [7, 11) is 9.40. The summed E-state index contributed by atoms with van der Waals surface area (Å²) in [5.74, 6) is 10.6. The maximum absolute atomic E-state index is 5.30. The Bertz CT molecular complexity index is 431. The molecule has 2 aromatic rings. The molecule has 0 aliphatic heterocycles. The molecule has 0 saturated carbocycles. The van der Waals surface area contributed by atoms with Gasteiger partial charge in [-0.15, -0.1) is 0 Å². The molecule has 0 heterocycles. The molecular weight excluding hydrogens is 330 g/mol. The molecule has 0 unspecified atom stereocenters. The number of benzene rings is 2. The van der Waals surface area contributed by atoms with E-state index in [2.05, 4.69) is 10.9 Å². The van der Waals surface area contributed by atoms with Crippen LogP contribution in [0.1, 0.15) is 0 Å². The van der Waals surface area contributed by atoms with E-state index in [1.807, 2.05) is 48.5 Å². The summed E-state index contributed by atoms with van der Waals surface area (Å²) in [6.45, 7) is 0. The van der Waals surface area contributed by atoms with Crippen LogP contribution < -0.4 is 22.5 Å². The van der Waals surface area contributed by atoms with E-state index in [0.29, 0.717) is 12.7 Å². The zero-order valence-corrected chi connectivity index (χ0v) is 12.3. The van der Waals surface area contributed by atoms with Crippen molar-refractivity contribution in [1.82, 2.24) is 0 Å². The van der Waals surface area contributed by atoms with Crippen LogP contribution in [0.2, 0.25) is 0 Å². The van der Waals surface area contributed by atoms with Crippen LogP contribution in [-0.4, -0.2) is 0 Å². The van der Waals surface area contributed by atoms with Gasteiger partial charge in [-0.3, -0.25) is 11.7 Å². The Hall–Kier alpha value is -0.966. The summed E-state index contributed by atoms with van der Waals surface area (Å²) in [6, 6.07) is 15.8. The molecule has 0 radical (unpaired) electrons. The van der Waals surface area contributed by atoms with Gasteiger partial charge in [0.1, 0.15) is 0 Å². The number of hydrogen-bond acceptors (Lipinski definition) is 4. The van der Waals surface area contributed by atoms with E-state index in [-0.39, 0.29) is 0 Å². The van der Waals surface area contributed by atoms with Crippen LogP contribution in [0.15, 0.2) is 48.5 Å². The molecule has 2 aromatic carbocycles. The summed E-state index contributed by atoms with van der Waals surface area (Å²) in [4.78, 5) is 0. The van der Waals surface area contributed by atoms with Gasteiger partial charge in [-0.05, 0) is 35.4 Å². The first kappa shape index (κ1) is 16.1. The first-order chi connectivity index (χ1) is 9.24. The number of nitrogens with one attached hydrogen (secondary N) is 2. The molecule has 19 heavy (non-hydrogen) atoms. The maximum atomic E-state index is 5.30. The van der Waals surface area contributed by atoms with Crippen molar-refractivity contribution in [1.29, 1.82) is 0 Å². The van der Waals surface area contributed by atoms with Gasteiger partial charge in [0.2, 0.25) is 0 Å². The zero-order valence-electron chi connectivity index (χ0n) is 9.85. The number of nitrogen functional groups attached to an aromatic ring is 2. The third-order valence-corrected chi connectivity index (χ3v) is 2.44. The molecule has 0 aliphatic rings. The monoisotopic (exact) mass is 342 g/mol. The second kappa shape index (κ2) is 9.02. The van der Waals surface area contributed by atoms with E-state index < -0.39 is 0 Å². The zero-order chi connectivity index (χ0) is 14.1. The molecule has 6 N–H and O–H groups in total. The number of rotatable bonds is 3. The van der Waals surface area contributed by atoms with Crippen LogP contribution in [0, 0.1) is 0 Å². The van der Waals surface area contributed by atoms with Crippen molar-refractivity contribution in [3.8, 4) is 11.1 Å². The van der Waals surface area contributed by atoms with E-state index in [4.69, 9.17) is 32.1 Å². The fourth-order valence-electron chi connectivity index (χ4n) is 1.52. The average molecular weight is 344 g/mol. The van der Waals surface area contributed by atoms with Gasteiger partial charge in [0.25, 0.3) is 0 Å². The van der Waals surface area contributed by atoms with Gasteiger partial charge < -0.3 is 10.9 Å². The summed E-state index contributed by atoms with van der Waals surface area (Å²) in [5.41, 5.74) is 9.26. The number of halogens is 2. The number of hydrogen-bond donors (Lipinski definition) is 4. The summed E-state index contributed by atoms with van der Waals surface area (Å²) >= 11 is 0.569. The molecule has 0 fully saturated rings. The molecule has 7 heteroatoms. The molecule has 0 bridgehead atoms. The second-order valence-corrected chi connectivity index (χ2v) is 5.12. The van der Waals surface area contributed by atoms with E-state index in [1.54, 1.807) is 0 Å². The predicted molar refractivity (Wildman–Crippen MR) is 79.2 cm³/mol. The van der Waals surface area contributed by atoms with Gasteiger partial charge in [-0.2, -0.15) is 0 Å². The molecule has 0 atom stereocenters. The summed E-state index contributed by atoms with van der Waals surface area (Å²) < 4.78 is 0. The van der Waals surface area contributed by atoms with Gasteiger partial charge in [-0.1, -0.05) is 24.3 Å². The van der Waals surface area contributed by atoms with Gasteiger partial charge in [0, 0.05) is 11.4 Å². The predicted octanol–water partition coefficient (Wildman–Crippen LogP) is 3.30. The van der Waals surface area contributed by atoms with E-state index in [9.17, 15) is 0 Å². The van der Waals surface area contributed by atoms with Crippen LogP contribution in [-0.2, 0) is 12.7 Å². The van der Waals surface area contributed by atoms with E-state index in [0.717, 1.165) is 22.5 Å². The van der Waals surface area contributed by atoms with Crippen molar-refractivity contribution in [3.05, 3.63) is 48.5 Å². The van der Waals surface area contributed by atoms with Crippen LogP contribution in [0.3, 0.4) is 0 Å². The third kappa shape index (κ3) is 5.27. The first-order valence-corrected chi connectivity index (χ1v) is 7.93. The number of hydrazine groups is 2. The Morgan fingerprint density at radius 3 is 1.16 bits per heavy atom. The topological polar surface area (TPSA) is 76.1 Å². The Morgan fingerprint density at radius 2 is 0.947 bits per heavy atom. The molecular formula is C12H14Cl2N4Ni. The Labute approximate surface area is 126 Å². The third-order valence-electron chi connectivity index (χ3n) is 2.44. The van der Waals surface area contributed by atoms with Gasteiger partial charge >= 0.3 is 33.0 Å². The van der Waals surface area contributed by atoms with Crippen LogP contribution in [0.4, 0.5) is 11.4 Å². The SMILES string of the molecule is NNc1ccc(-c2ccc(NN)cc2)cc1.[Cl][Ni][Cl]. The van der Waals surface area contributed by atoms with Crippen molar-refractivity contribution in [2.45, 2.75) is 0 Å². The molecule has 0 aliphatic carbocycles. The minimum absolute atomic E-state index is 0.569. The number of nitrogens with two attached hydrogens (primary N) is 2. The Kier molecular flexibility index (Phi) is 7.64. The minimum atomic E-state index is 0.569. The molecule has 0 aromatic heterocycles.